The minimum Gasteiger partial charge on any atom is -0.481 e. The van der Waals surface area contributed by atoms with E-state index in [0.717, 1.165) is 0 Å². The number of carboxylic acid groups (broad SMARTS) is 1. The van der Waals surface area contributed by atoms with E-state index < -0.39 is 23.6 Å². The summed E-state index contributed by atoms with van der Waals surface area (Å²) in [7, 11) is 0. The van der Waals surface area contributed by atoms with Gasteiger partial charge in [0.25, 0.3) is 0 Å². The van der Waals surface area contributed by atoms with Crippen LogP contribution in [-0.2, 0) is 9.59 Å². The smallest absolute Gasteiger partial charge is 0.307 e. The number of hydrogen-bond acceptors (Lipinski definition) is 2. The normalized spacial score (nSPS) is 29.6. The van der Waals surface area contributed by atoms with Crippen molar-refractivity contribution >= 4 is 17.6 Å². The van der Waals surface area contributed by atoms with Crippen molar-refractivity contribution in [3.05, 3.63) is 41.7 Å². The molecule has 2 aliphatic carbocycles. The van der Waals surface area contributed by atoms with Crippen molar-refractivity contribution < 1.29 is 19.1 Å². The molecule has 0 spiro atoms. The second-order valence-electron chi connectivity index (χ2n) is 5.84. The Morgan fingerprint density at radius 2 is 1.86 bits per heavy atom. The minimum atomic E-state index is -0.942. The molecule has 0 saturated heterocycles. The number of aliphatic carboxylic acids is 1. The Bertz CT molecular complexity index is 620. The molecule has 1 fully saturated rings. The number of halogens is 1. The van der Waals surface area contributed by atoms with Crippen molar-refractivity contribution in [2.45, 2.75) is 13.3 Å². The zero-order valence-electron chi connectivity index (χ0n) is 11.5. The highest BCUT2D eigenvalue weighted by Crippen LogP contribution is 2.48. The summed E-state index contributed by atoms with van der Waals surface area (Å²) >= 11 is 0. The van der Waals surface area contributed by atoms with Crippen LogP contribution in [0.1, 0.15) is 12.0 Å². The van der Waals surface area contributed by atoms with Crippen LogP contribution in [0.25, 0.3) is 0 Å². The molecule has 0 heterocycles. The van der Waals surface area contributed by atoms with Crippen molar-refractivity contribution in [1.29, 1.82) is 0 Å². The Kier molecular flexibility index (Phi) is 3.27. The Hall–Kier alpha value is -2.17. The average Bonchev–Trinajstić information content (AvgIpc) is 2.96. The summed E-state index contributed by atoms with van der Waals surface area (Å²) in [5, 5.41) is 12.0. The number of anilines is 1. The molecule has 1 aromatic rings. The van der Waals surface area contributed by atoms with Gasteiger partial charge in [-0.05, 0) is 48.9 Å². The van der Waals surface area contributed by atoms with Crippen molar-refractivity contribution in [2.24, 2.45) is 23.7 Å². The molecule has 0 aliphatic heterocycles. The fraction of sp³-hybridized carbons (Fsp3) is 0.375. The van der Waals surface area contributed by atoms with E-state index in [-0.39, 0.29) is 17.7 Å². The number of allylic oxidation sites excluding steroid dienone is 2. The molecule has 1 amide bonds. The molecule has 4 unspecified atom stereocenters. The highest BCUT2D eigenvalue weighted by Gasteiger charge is 2.51. The average molecular weight is 289 g/mol. The van der Waals surface area contributed by atoms with E-state index in [1.54, 1.807) is 13.0 Å². The first-order valence-corrected chi connectivity index (χ1v) is 6.95. The number of carbonyl (C=O) groups excluding carboxylic acids is 1. The first kappa shape index (κ1) is 13.8. The molecule has 5 heteroatoms. The second kappa shape index (κ2) is 4.98. The molecule has 21 heavy (non-hydrogen) atoms. The van der Waals surface area contributed by atoms with E-state index in [1.165, 1.54) is 12.1 Å². The summed E-state index contributed by atoms with van der Waals surface area (Å²) in [6.45, 7) is 1.74. The van der Waals surface area contributed by atoms with Gasteiger partial charge in [-0.2, -0.15) is 0 Å². The third-order valence-corrected chi connectivity index (χ3v) is 4.36. The third kappa shape index (κ3) is 2.44. The van der Waals surface area contributed by atoms with Crippen LogP contribution in [0, 0.1) is 36.4 Å². The molecule has 2 aliphatic rings. The van der Waals surface area contributed by atoms with Crippen molar-refractivity contribution in [1.82, 2.24) is 0 Å². The highest BCUT2D eigenvalue weighted by atomic mass is 19.1. The zero-order valence-corrected chi connectivity index (χ0v) is 11.5. The predicted molar refractivity (Wildman–Crippen MR) is 75.1 cm³/mol. The van der Waals surface area contributed by atoms with Gasteiger partial charge in [-0.25, -0.2) is 4.39 Å². The molecular formula is C16H16FNO3. The maximum Gasteiger partial charge on any atom is 0.307 e. The van der Waals surface area contributed by atoms with E-state index in [9.17, 15) is 19.1 Å². The molecule has 2 N–H and O–H groups in total. The van der Waals surface area contributed by atoms with Gasteiger partial charge in [-0.15, -0.1) is 0 Å². The number of hydrogen-bond donors (Lipinski definition) is 2. The first-order chi connectivity index (χ1) is 9.95. The number of fused-ring (bicyclic) bond motifs is 2. The summed E-state index contributed by atoms with van der Waals surface area (Å²) in [6.07, 6.45) is 4.52. The van der Waals surface area contributed by atoms with E-state index in [0.29, 0.717) is 17.7 Å². The van der Waals surface area contributed by atoms with Gasteiger partial charge < -0.3 is 10.4 Å². The van der Waals surface area contributed by atoms with Crippen molar-refractivity contribution in [2.75, 3.05) is 5.32 Å². The van der Waals surface area contributed by atoms with Crippen molar-refractivity contribution in [3.8, 4) is 0 Å². The molecule has 2 bridgehead atoms. The van der Waals surface area contributed by atoms with Crippen LogP contribution < -0.4 is 5.32 Å². The van der Waals surface area contributed by atoms with Gasteiger partial charge in [0.2, 0.25) is 5.91 Å². The Balaban J connectivity index is 1.82. The lowest BCUT2D eigenvalue weighted by Gasteiger charge is -2.23. The van der Waals surface area contributed by atoms with Crippen LogP contribution in [0.15, 0.2) is 30.4 Å². The number of amides is 1. The molecule has 0 radical (unpaired) electrons. The number of nitrogens with one attached hydrogen (secondary N) is 1. The summed E-state index contributed by atoms with van der Waals surface area (Å²) in [5.74, 6) is -3.08. The maximum atomic E-state index is 13.4. The van der Waals surface area contributed by atoms with Gasteiger partial charge in [0.1, 0.15) is 5.82 Å². The predicted octanol–water partition coefficient (Wildman–Crippen LogP) is 2.60. The molecule has 4 nitrogen and oxygen atoms in total. The Morgan fingerprint density at radius 3 is 2.48 bits per heavy atom. The lowest BCUT2D eigenvalue weighted by molar-refractivity contribution is -0.146. The van der Waals surface area contributed by atoms with Gasteiger partial charge in [0, 0.05) is 5.69 Å². The van der Waals surface area contributed by atoms with Crippen molar-refractivity contribution in [3.63, 3.8) is 0 Å². The molecule has 0 aromatic heterocycles. The van der Waals surface area contributed by atoms with Crippen LogP contribution in [0.2, 0.25) is 0 Å². The van der Waals surface area contributed by atoms with E-state index >= 15 is 0 Å². The molecular weight excluding hydrogens is 273 g/mol. The zero-order chi connectivity index (χ0) is 15.1. The topological polar surface area (TPSA) is 66.4 Å². The van der Waals surface area contributed by atoms with Crippen LogP contribution >= 0.6 is 0 Å². The van der Waals surface area contributed by atoms with Crippen LogP contribution in [0.3, 0.4) is 0 Å². The minimum absolute atomic E-state index is 0.0363. The lowest BCUT2D eigenvalue weighted by atomic mass is 9.82. The van der Waals surface area contributed by atoms with E-state index in [4.69, 9.17) is 0 Å². The summed E-state index contributed by atoms with van der Waals surface area (Å²) in [6, 6.07) is 4.28. The molecule has 3 rings (SSSR count). The van der Waals surface area contributed by atoms with Gasteiger partial charge in [-0.3, -0.25) is 9.59 Å². The fourth-order valence-corrected chi connectivity index (χ4v) is 3.55. The standard InChI is InChI=1S/C16H16FNO3/c1-8-4-11(17)7-12(5-8)18-15(19)13-9-2-3-10(6-9)14(13)16(20)21/h2-5,7,9-10,13-14H,6H2,1H3,(H,18,19)(H,20,21). The van der Waals surface area contributed by atoms with Gasteiger partial charge in [-0.1, -0.05) is 12.2 Å². The quantitative estimate of drug-likeness (QED) is 0.841. The number of aryl methyl sites for hydroxylation is 1. The maximum absolute atomic E-state index is 13.4. The monoisotopic (exact) mass is 289 g/mol. The number of benzene rings is 1. The van der Waals surface area contributed by atoms with Crippen LogP contribution in [0.4, 0.5) is 10.1 Å². The largest absolute Gasteiger partial charge is 0.481 e. The molecule has 110 valence electrons. The summed E-state index contributed by atoms with van der Waals surface area (Å²) < 4.78 is 13.4. The summed E-state index contributed by atoms with van der Waals surface area (Å²) in [5.41, 5.74) is 1.07. The SMILES string of the molecule is Cc1cc(F)cc(NC(=O)C2C3C=CC(C3)C2C(=O)O)c1. The number of carboxylic acids is 1. The number of carbonyl (C=O) groups is 2. The Labute approximate surface area is 121 Å². The Morgan fingerprint density at radius 1 is 1.19 bits per heavy atom. The van der Waals surface area contributed by atoms with Gasteiger partial charge >= 0.3 is 5.97 Å². The lowest BCUT2D eigenvalue weighted by Crippen LogP contribution is -2.36. The third-order valence-electron chi connectivity index (χ3n) is 4.36. The van der Waals surface area contributed by atoms with Crippen LogP contribution in [0.5, 0.6) is 0 Å². The highest BCUT2D eigenvalue weighted by molar-refractivity contribution is 5.96. The van der Waals surface area contributed by atoms with Gasteiger partial charge in [0.05, 0.1) is 11.8 Å². The van der Waals surface area contributed by atoms with E-state index in [2.05, 4.69) is 5.32 Å². The second-order valence-corrected chi connectivity index (χ2v) is 5.84. The van der Waals surface area contributed by atoms with Crippen LogP contribution in [-0.4, -0.2) is 17.0 Å². The molecule has 4 atom stereocenters. The molecule has 1 saturated carbocycles. The fourth-order valence-electron chi connectivity index (χ4n) is 3.55. The molecule has 1 aromatic carbocycles. The summed E-state index contributed by atoms with van der Waals surface area (Å²) in [4.78, 5) is 23.8. The first-order valence-electron chi connectivity index (χ1n) is 6.95. The number of rotatable bonds is 3. The van der Waals surface area contributed by atoms with E-state index in [1.807, 2.05) is 12.2 Å². The van der Waals surface area contributed by atoms with Gasteiger partial charge in [0.15, 0.2) is 0 Å².